The molecule has 0 saturated carbocycles. The number of hydrogen-bond acceptors (Lipinski definition) is 5. The largest absolute Gasteiger partial charge is 0.451 e. The minimum absolute atomic E-state index is 0.191. The Morgan fingerprint density at radius 2 is 2.05 bits per heavy atom. The normalized spacial score (nSPS) is 11.5. The molecule has 1 N–H and O–H groups in total. The van der Waals surface area contributed by atoms with Crippen molar-refractivity contribution in [3.8, 4) is 0 Å². The summed E-state index contributed by atoms with van der Waals surface area (Å²) in [5.41, 5.74) is 0. The zero-order chi connectivity index (χ0) is 14.5. The number of alkyl halides is 3. The minimum atomic E-state index is -4.54. The molecule has 0 saturated heterocycles. The molecule has 1 aromatic heterocycles. The Balaban J connectivity index is 3.05. The first-order valence-electron chi connectivity index (χ1n) is 5.78. The molecule has 19 heavy (non-hydrogen) atoms. The monoisotopic (exact) mass is 294 g/mol. The van der Waals surface area contributed by atoms with E-state index < -0.39 is 12.0 Å². The van der Waals surface area contributed by atoms with E-state index in [0.29, 0.717) is 13.1 Å². The van der Waals surface area contributed by atoms with Crippen LogP contribution >= 0.6 is 11.8 Å². The Morgan fingerprint density at radius 3 is 2.58 bits per heavy atom. The maximum Gasteiger partial charge on any atom is 0.451 e. The second-order valence-electron chi connectivity index (χ2n) is 3.88. The van der Waals surface area contributed by atoms with Gasteiger partial charge in [0, 0.05) is 32.0 Å². The van der Waals surface area contributed by atoms with Crippen LogP contribution in [0.2, 0.25) is 0 Å². The van der Waals surface area contributed by atoms with Crippen LogP contribution in [-0.2, 0) is 6.18 Å². The molecular formula is C11H17F3N4S. The summed E-state index contributed by atoms with van der Waals surface area (Å²) in [6, 6.07) is 1.53. The molecule has 1 aromatic rings. The van der Waals surface area contributed by atoms with Gasteiger partial charge in [-0.15, -0.1) is 0 Å². The van der Waals surface area contributed by atoms with E-state index >= 15 is 0 Å². The summed E-state index contributed by atoms with van der Waals surface area (Å²) in [4.78, 5) is 8.75. The minimum Gasteiger partial charge on any atom is -0.370 e. The first kappa shape index (κ1) is 15.9. The Morgan fingerprint density at radius 1 is 1.37 bits per heavy atom. The van der Waals surface area contributed by atoms with Crippen LogP contribution < -0.4 is 10.2 Å². The second-order valence-corrected chi connectivity index (χ2v) is 4.86. The Bertz CT molecular complexity index is 411. The van der Waals surface area contributed by atoms with Crippen molar-refractivity contribution >= 4 is 23.4 Å². The van der Waals surface area contributed by atoms with Gasteiger partial charge in [0.1, 0.15) is 11.6 Å². The molecule has 0 radical (unpaired) electrons. The van der Waals surface area contributed by atoms with E-state index in [0.717, 1.165) is 5.75 Å². The maximum absolute atomic E-state index is 12.7. The van der Waals surface area contributed by atoms with Crippen LogP contribution in [0.15, 0.2) is 6.07 Å². The summed E-state index contributed by atoms with van der Waals surface area (Å²) >= 11 is 1.63. The van der Waals surface area contributed by atoms with E-state index in [1.54, 1.807) is 30.6 Å². The van der Waals surface area contributed by atoms with Gasteiger partial charge in [0.2, 0.25) is 5.82 Å². The number of anilines is 2. The van der Waals surface area contributed by atoms with E-state index in [2.05, 4.69) is 15.3 Å². The summed E-state index contributed by atoms with van der Waals surface area (Å²) in [6.45, 7) is 2.93. The van der Waals surface area contributed by atoms with Gasteiger partial charge in [-0.25, -0.2) is 9.97 Å². The van der Waals surface area contributed by atoms with E-state index in [1.165, 1.54) is 6.07 Å². The van der Waals surface area contributed by atoms with Crippen LogP contribution in [0.1, 0.15) is 12.7 Å². The van der Waals surface area contributed by atoms with Crippen LogP contribution in [-0.4, -0.2) is 42.1 Å². The number of aromatic nitrogens is 2. The summed E-state index contributed by atoms with van der Waals surface area (Å²) in [7, 11) is 1.72. The van der Waals surface area contributed by atoms with Crippen molar-refractivity contribution in [1.29, 1.82) is 0 Å². The molecule has 4 nitrogen and oxygen atoms in total. The van der Waals surface area contributed by atoms with Gasteiger partial charge < -0.3 is 10.2 Å². The zero-order valence-electron chi connectivity index (χ0n) is 11.1. The van der Waals surface area contributed by atoms with E-state index in [1.807, 2.05) is 6.26 Å². The molecule has 0 aliphatic heterocycles. The first-order valence-corrected chi connectivity index (χ1v) is 7.18. The molecule has 0 bridgehead atoms. The van der Waals surface area contributed by atoms with Crippen molar-refractivity contribution in [3.05, 3.63) is 11.9 Å². The van der Waals surface area contributed by atoms with Crippen molar-refractivity contribution in [2.24, 2.45) is 0 Å². The number of nitrogens with zero attached hydrogens (tertiary/aromatic N) is 3. The smallest absolute Gasteiger partial charge is 0.370 e. The molecule has 8 heteroatoms. The molecule has 1 rings (SSSR count). The lowest BCUT2D eigenvalue weighted by molar-refractivity contribution is -0.144. The van der Waals surface area contributed by atoms with Gasteiger partial charge in [-0.1, -0.05) is 0 Å². The Labute approximate surface area is 114 Å². The lowest BCUT2D eigenvalue weighted by Gasteiger charge is -2.19. The van der Waals surface area contributed by atoms with E-state index in [4.69, 9.17) is 0 Å². The van der Waals surface area contributed by atoms with Gasteiger partial charge in [-0.05, 0) is 13.2 Å². The highest BCUT2D eigenvalue weighted by Crippen LogP contribution is 2.29. The molecule has 0 unspecified atom stereocenters. The highest BCUT2D eigenvalue weighted by molar-refractivity contribution is 7.98. The van der Waals surface area contributed by atoms with Gasteiger partial charge >= 0.3 is 6.18 Å². The molecule has 0 aliphatic carbocycles. The number of rotatable bonds is 6. The van der Waals surface area contributed by atoms with Crippen LogP contribution in [0.5, 0.6) is 0 Å². The molecule has 0 fully saturated rings. The summed E-state index contributed by atoms with van der Waals surface area (Å²) in [6.07, 6.45) is -2.60. The zero-order valence-corrected chi connectivity index (χ0v) is 11.9. The maximum atomic E-state index is 12.7. The Kier molecular flexibility index (Phi) is 5.71. The fourth-order valence-corrected chi connectivity index (χ4v) is 1.83. The van der Waals surface area contributed by atoms with E-state index in [9.17, 15) is 13.2 Å². The standard InChI is InChI=1S/C11H17F3N4S/c1-4-15-8-7-9(18(2)5-6-19-3)17-10(16-8)11(12,13)14/h7H,4-6H2,1-3H3,(H,15,16,17). The number of halogens is 3. The van der Waals surface area contributed by atoms with Gasteiger partial charge in [0.25, 0.3) is 0 Å². The number of thioether (sulfide) groups is 1. The fraction of sp³-hybridized carbons (Fsp3) is 0.636. The van der Waals surface area contributed by atoms with Gasteiger partial charge in [-0.2, -0.15) is 24.9 Å². The first-order chi connectivity index (χ1) is 8.88. The predicted octanol–water partition coefficient (Wildman–Crippen LogP) is 2.73. The third kappa shape index (κ3) is 4.77. The lowest BCUT2D eigenvalue weighted by Crippen LogP contribution is -2.24. The molecule has 108 valence electrons. The van der Waals surface area contributed by atoms with Crippen LogP contribution in [0.3, 0.4) is 0 Å². The van der Waals surface area contributed by atoms with Gasteiger partial charge in [-0.3, -0.25) is 0 Å². The third-order valence-corrected chi connectivity index (χ3v) is 2.94. The van der Waals surface area contributed by atoms with Crippen LogP contribution in [0, 0.1) is 0 Å². The van der Waals surface area contributed by atoms with Crippen molar-refractivity contribution in [2.75, 3.05) is 42.4 Å². The molecular weight excluding hydrogens is 277 g/mol. The average molecular weight is 294 g/mol. The molecule has 1 heterocycles. The summed E-state index contributed by atoms with van der Waals surface area (Å²) in [5.74, 6) is 0.165. The number of nitrogens with one attached hydrogen (secondary N) is 1. The van der Waals surface area contributed by atoms with Crippen LogP contribution in [0.25, 0.3) is 0 Å². The highest BCUT2D eigenvalue weighted by Gasteiger charge is 2.35. The molecule has 0 aliphatic rings. The van der Waals surface area contributed by atoms with Crippen molar-refractivity contribution in [1.82, 2.24) is 9.97 Å². The Hall–Kier alpha value is -1.18. The van der Waals surface area contributed by atoms with Gasteiger partial charge in [0.05, 0.1) is 0 Å². The van der Waals surface area contributed by atoms with E-state index in [-0.39, 0.29) is 11.6 Å². The van der Waals surface area contributed by atoms with Crippen LogP contribution in [0.4, 0.5) is 24.8 Å². The average Bonchev–Trinajstić information content (AvgIpc) is 2.35. The van der Waals surface area contributed by atoms with Crippen molar-refractivity contribution in [3.63, 3.8) is 0 Å². The second kappa shape index (κ2) is 6.83. The molecule has 0 aromatic carbocycles. The SMILES string of the molecule is CCNc1cc(N(C)CCSC)nc(C(F)(F)F)n1. The fourth-order valence-electron chi connectivity index (χ4n) is 1.37. The lowest BCUT2D eigenvalue weighted by atomic mass is 10.4. The summed E-state index contributed by atoms with van der Waals surface area (Å²) in [5, 5.41) is 2.79. The highest BCUT2D eigenvalue weighted by atomic mass is 32.2. The third-order valence-electron chi connectivity index (χ3n) is 2.35. The summed E-state index contributed by atoms with van der Waals surface area (Å²) < 4.78 is 38.2. The quantitative estimate of drug-likeness (QED) is 0.873. The predicted molar refractivity (Wildman–Crippen MR) is 72.8 cm³/mol. The van der Waals surface area contributed by atoms with Crippen molar-refractivity contribution < 1.29 is 13.2 Å². The van der Waals surface area contributed by atoms with Crippen molar-refractivity contribution in [2.45, 2.75) is 13.1 Å². The molecule has 0 spiro atoms. The molecule has 0 atom stereocenters. The topological polar surface area (TPSA) is 41.0 Å². The number of hydrogen-bond donors (Lipinski definition) is 1. The molecule has 0 amide bonds. The van der Waals surface area contributed by atoms with Gasteiger partial charge in [0.15, 0.2) is 0 Å².